The Morgan fingerprint density at radius 1 is 1.17 bits per heavy atom. The summed E-state index contributed by atoms with van der Waals surface area (Å²) in [7, 11) is 0. The van der Waals surface area contributed by atoms with E-state index in [4.69, 9.17) is 9.47 Å². The molecule has 8 heteroatoms. The average molecular weight is 575 g/mol. The summed E-state index contributed by atoms with van der Waals surface area (Å²) >= 11 is 0. The van der Waals surface area contributed by atoms with Gasteiger partial charge in [-0.25, -0.2) is 0 Å². The second kappa shape index (κ2) is 11.7. The number of benzene rings is 2. The standard InChI is InChI=1S/C34H42N2O6/c1-6-9-19-41-32(40)28-27-30(38)36(26(21-37)22(4)5)29(34(27)17-16-33(28,8-3)42-34)31(39)35(18-7-2)25-15-14-23-12-10-11-13-24(23)20-25/h6-7,10-15,20,22,26-29,37H,1-2,8-9,16-19,21H2,3-5H3/t26-,27-,28+,29?,33-,34?/m0/s1. The molecule has 0 aromatic heterocycles. The van der Waals surface area contributed by atoms with Crippen LogP contribution in [0, 0.1) is 17.8 Å². The zero-order valence-electron chi connectivity index (χ0n) is 24.8. The van der Waals surface area contributed by atoms with E-state index in [0.717, 1.165) is 10.8 Å². The highest BCUT2D eigenvalue weighted by molar-refractivity contribution is 6.05. The lowest BCUT2D eigenvalue weighted by atomic mass is 9.65. The van der Waals surface area contributed by atoms with Crippen LogP contribution in [0.15, 0.2) is 67.8 Å². The second-order valence-corrected chi connectivity index (χ2v) is 12.1. The van der Waals surface area contributed by atoms with E-state index >= 15 is 0 Å². The van der Waals surface area contributed by atoms with Gasteiger partial charge in [0.25, 0.3) is 5.91 Å². The number of aliphatic hydroxyl groups excluding tert-OH is 1. The van der Waals surface area contributed by atoms with Gasteiger partial charge in [0, 0.05) is 12.2 Å². The first-order chi connectivity index (χ1) is 20.2. The Morgan fingerprint density at radius 3 is 2.55 bits per heavy atom. The normalized spacial score (nSPS) is 28.6. The molecule has 3 aliphatic heterocycles. The Morgan fingerprint density at radius 2 is 1.90 bits per heavy atom. The van der Waals surface area contributed by atoms with Crippen LogP contribution in [0.25, 0.3) is 10.8 Å². The molecule has 0 radical (unpaired) electrons. The molecule has 2 aromatic rings. The highest BCUT2D eigenvalue weighted by Crippen LogP contribution is 2.65. The number of carbonyl (C=O) groups is 3. The van der Waals surface area contributed by atoms with Crippen molar-refractivity contribution >= 4 is 34.2 Å². The van der Waals surface area contributed by atoms with Crippen LogP contribution in [0.2, 0.25) is 0 Å². The SMILES string of the molecule is C=CCCOC(=O)[C@H]1[C@H]2C(=O)N([C@@H](CO)C(C)C)C(C(=O)N(CC=C)c3ccc4ccccc4c3)C23CC[C@]1(CC)O3. The number of ether oxygens (including phenoxy) is 2. The summed E-state index contributed by atoms with van der Waals surface area (Å²) in [6, 6.07) is 12.1. The first-order valence-electron chi connectivity index (χ1n) is 15.0. The van der Waals surface area contributed by atoms with Crippen LogP contribution in [-0.2, 0) is 23.9 Å². The molecule has 3 saturated heterocycles. The van der Waals surface area contributed by atoms with Gasteiger partial charge in [-0.3, -0.25) is 14.4 Å². The van der Waals surface area contributed by atoms with Crippen molar-refractivity contribution in [3.63, 3.8) is 0 Å². The van der Waals surface area contributed by atoms with E-state index in [1.54, 1.807) is 17.1 Å². The molecule has 3 aliphatic rings. The first kappa shape index (κ1) is 30.0. The molecule has 2 unspecified atom stereocenters. The van der Waals surface area contributed by atoms with Crippen LogP contribution in [0.4, 0.5) is 5.69 Å². The molecular formula is C34H42N2O6. The number of aliphatic hydroxyl groups is 1. The number of esters is 1. The molecule has 1 spiro atoms. The Balaban J connectivity index is 1.63. The monoisotopic (exact) mass is 574 g/mol. The van der Waals surface area contributed by atoms with Gasteiger partial charge in [0.1, 0.15) is 17.6 Å². The zero-order valence-corrected chi connectivity index (χ0v) is 24.8. The highest BCUT2D eigenvalue weighted by Gasteiger charge is 2.79. The summed E-state index contributed by atoms with van der Waals surface area (Å²) in [5.41, 5.74) is -1.44. The molecule has 3 heterocycles. The van der Waals surface area contributed by atoms with Crippen LogP contribution in [-0.4, -0.2) is 70.8 Å². The minimum Gasteiger partial charge on any atom is -0.465 e. The molecule has 0 saturated carbocycles. The van der Waals surface area contributed by atoms with E-state index in [1.807, 2.05) is 63.2 Å². The van der Waals surface area contributed by atoms with Crippen molar-refractivity contribution in [3.8, 4) is 0 Å². The average Bonchev–Trinajstić information content (AvgIpc) is 3.59. The van der Waals surface area contributed by atoms with Gasteiger partial charge in [0.15, 0.2) is 0 Å². The van der Waals surface area contributed by atoms with Crippen molar-refractivity contribution in [3.05, 3.63) is 67.8 Å². The molecule has 3 fully saturated rings. The zero-order chi connectivity index (χ0) is 30.2. The van der Waals surface area contributed by atoms with E-state index in [0.29, 0.717) is 31.4 Å². The molecular weight excluding hydrogens is 532 g/mol. The third-order valence-electron chi connectivity index (χ3n) is 9.61. The summed E-state index contributed by atoms with van der Waals surface area (Å²) in [4.78, 5) is 46.2. The van der Waals surface area contributed by atoms with Crippen molar-refractivity contribution in [1.29, 1.82) is 0 Å². The fraction of sp³-hybridized carbons (Fsp3) is 0.500. The van der Waals surface area contributed by atoms with Crippen LogP contribution >= 0.6 is 0 Å². The Labute approximate surface area is 248 Å². The smallest absolute Gasteiger partial charge is 0.312 e. The number of likely N-dealkylation sites (tertiary alicyclic amines) is 1. The quantitative estimate of drug-likeness (QED) is 0.225. The summed E-state index contributed by atoms with van der Waals surface area (Å²) < 4.78 is 12.5. The summed E-state index contributed by atoms with van der Waals surface area (Å²) in [5, 5.41) is 12.5. The van der Waals surface area contributed by atoms with Crippen molar-refractivity contribution in [2.75, 3.05) is 24.7 Å². The molecule has 224 valence electrons. The van der Waals surface area contributed by atoms with Gasteiger partial charge in [-0.05, 0) is 54.5 Å². The van der Waals surface area contributed by atoms with Crippen LogP contribution in [0.1, 0.15) is 46.5 Å². The van der Waals surface area contributed by atoms with Gasteiger partial charge in [0.05, 0.1) is 30.8 Å². The van der Waals surface area contributed by atoms with Crippen LogP contribution in [0.5, 0.6) is 0 Å². The molecule has 42 heavy (non-hydrogen) atoms. The molecule has 2 amide bonds. The van der Waals surface area contributed by atoms with E-state index in [1.165, 1.54) is 4.90 Å². The number of amides is 2. The minimum absolute atomic E-state index is 0.145. The molecule has 5 rings (SSSR count). The van der Waals surface area contributed by atoms with Crippen LogP contribution in [0.3, 0.4) is 0 Å². The van der Waals surface area contributed by atoms with Crippen molar-refractivity contribution in [2.24, 2.45) is 17.8 Å². The van der Waals surface area contributed by atoms with E-state index in [-0.39, 0.29) is 37.5 Å². The Bertz CT molecular complexity index is 1390. The van der Waals surface area contributed by atoms with Gasteiger partial charge in [-0.2, -0.15) is 0 Å². The Hall–Kier alpha value is -3.49. The lowest BCUT2D eigenvalue weighted by Crippen LogP contribution is -2.60. The maximum absolute atomic E-state index is 14.9. The highest BCUT2D eigenvalue weighted by atomic mass is 16.6. The molecule has 6 atom stereocenters. The van der Waals surface area contributed by atoms with Crippen molar-refractivity contribution < 1.29 is 29.0 Å². The third-order valence-corrected chi connectivity index (χ3v) is 9.61. The van der Waals surface area contributed by atoms with Gasteiger partial charge in [-0.1, -0.05) is 63.3 Å². The lowest BCUT2D eigenvalue weighted by Gasteiger charge is -2.40. The topological polar surface area (TPSA) is 96.4 Å². The maximum atomic E-state index is 14.9. The predicted molar refractivity (Wildman–Crippen MR) is 162 cm³/mol. The molecule has 1 N–H and O–H groups in total. The van der Waals surface area contributed by atoms with Gasteiger partial charge in [0.2, 0.25) is 5.91 Å². The third kappa shape index (κ3) is 4.56. The fourth-order valence-electron chi connectivity index (χ4n) is 7.55. The molecule has 2 aromatic carbocycles. The largest absolute Gasteiger partial charge is 0.465 e. The van der Waals surface area contributed by atoms with Crippen LogP contribution < -0.4 is 4.90 Å². The number of hydrogen-bond donors (Lipinski definition) is 1. The Kier molecular flexibility index (Phi) is 8.32. The number of anilines is 1. The molecule has 2 bridgehead atoms. The number of carbonyl (C=O) groups excluding carboxylic acids is 3. The van der Waals surface area contributed by atoms with E-state index in [2.05, 4.69) is 13.2 Å². The lowest BCUT2D eigenvalue weighted by molar-refractivity contribution is -0.162. The molecule has 8 nitrogen and oxygen atoms in total. The van der Waals surface area contributed by atoms with Gasteiger partial charge < -0.3 is 24.4 Å². The van der Waals surface area contributed by atoms with E-state index < -0.39 is 41.1 Å². The summed E-state index contributed by atoms with van der Waals surface area (Å²) in [6.45, 7) is 13.4. The summed E-state index contributed by atoms with van der Waals surface area (Å²) in [5.74, 6) is -2.99. The first-order valence-corrected chi connectivity index (χ1v) is 15.0. The number of nitrogens with zero attached hydrogens (tertiary/aromatic N) is 2. The minimum atomic E-state index is -1.22. The van der Waals surface area contributed by atoms with Gasteiger partial charge in [-0.15, -0.1) is 13.2 Å². The fourth-order valence-corrected chi connectivity index (χ4v) is 7.55. The van der Waals surface area contributed by atoms with E-state index in [9.17, 15) is 19.5 Å². The number of hydrogen-bond acceptors (Lipinski definition) is 6. The molecule has 0 aliphatic carbocycles. The second-order valence-electron chi connectivity index (χ2n) is 12.1. The predicted octanol–water partition coefficient (Wildman–Crippen LogP) is 4.65. The summed E-state index contributed by atoms with van der Waals surface area (Å²) in [6.07, 6.45) is 5.34. The van der Waals surface area contributed by atoms with Crippen molar-refractivity contribution in [2.45, 2.75) is 69.7 Å². The number of rotatable bonds is 12. The number of fused-ring (bicyclic) bond motifs is 2. The van der Waals surface area contributed by atoms with Crippen molar-refractivity contribution in [1.82, 2.24) is 4.90 Å². The van der Waals surface area contributed by atoms with Gasteiger partial charge >= 0.3 is 5.97 Å². The maximum Gasteiger partial charge on any atom is 0.312 e.